The third kappa shape index (κ3) is 0.863. The average molecular weight is 200 g/mol. The van der Waals surface area contributed by atoms with E-state index in [1.54, 1.807) is 8.86 Å². The molecule has 2 aliphatic heterocycles. The molecule has 0 saturated carbocycles. The number of halogens is 1. The van der Waals surface area contributed by atoms with Gasteiger partial charge in [0.1, 0.15) is 0 Å². The van der Waals surface area contributed by atoms with Gasteiger partial charge in [0.2, 0.25) is 0 Å². The summed E-state index contributed by atoms with van der Waals surface area (Å²) in [5, 5.41) is 0. The van der Waals surface area contributed by atoms with Crippen molar-refractivity contribution < 1.29 is 0 Å². The van der Waals surface area contributed by atoms with E-state index in [2.05, 4.69) is 0 Å². The van der Waals surface area contributed by atoms with Crippen LogP contribution in [0.1, 0.15) is 14.9 Å². The molecule has 1 heteroatoms. The fourth-order valence-corrected chi connectivity index (χ4v) is 5.29. The molecule has 2 heterocycles. The van der Waals surface area contributed by atoms with Crippen LogP contribution < -0.4 is 0 Å². The molecule has 0 unspecified atom stereocenters. The topological polar surface area (TPSA) is 0 Å². The predicted octanol–water partition coefficient (Wildman–Crippen LogP) is 2.16. The second kappa shape index (κ2) is 1.68. The van der Waals surface area contributed by atoms with Crippen LogP contribution in [0.4, 0.5) is 0 Å². The normalized spacial score (nSPS) is 29.0. The van der Waals surface area contributed by atoms with E-state index in [1.807, 2.05) is 0 Å². The summed E-state index contributed by atoms with van der Waals surface area (Å²) in [5.41, 5.74) is 0. The van der Waals surface area contributed by atoms with E-state index in [0.29, 0.717) is 0 Å². The zero-order chi connectivity index (χ0) is 2.57. The van der Waals surface area contributed by atoms with Crippen molar-refractivity contribution in [1.82, 2.24) is 0 Å². The number of rotatable bonds is 0. The van der Waals surface area contributed by atoms with E-state index in [-0.39, 0.29) is 34.7 Å². The van der Waals surface area contributed by atoms with E-state index in [0.717, 1.165) is 0 Å². The molecule has 0 radical (unpaired) electrons. The summed E-state index contributed by atoms with van der Waals surface area (Å²) >= 11 is 0.153. The molecule has 0 aromatic carbocycles. The first-order chi connectivity index (χ1) is 1.97. The average Bonchev–Trinajstić information content (AvgIpc) is 1.36. The minimum atomic E-state index is 0. The number of fused-ring (bicyclic) bond motifs is 1. The monoisotopic (exact) mass is 200 g/mol. The molecule has 0 N–H and O–H groups in total. The maximum atomic E-state index is 1.74. The molecule has 0 atom stereocenters. The summed E-state index contributed by atoms with van der Waals surface area (Å²) < 4.78 is 4.89. The Bertz CT molecular complexity index is 39.9. The Morgan fingerprint density at radius 2 is 1.33 bits per heavy atom. The Hall–Kier alpha value is 0.730. The second-order valence-corrected chi connectivity index (χ2v) is 7.77. The molecule has 0 aromatic rings. The quantitative estimate of drug-likeness (QED) is 0.415. The van der Waals surface area contributed by atoms with Crippen molar-refractivity contribution in [2.75, 3.05) is 8.86 Å². The SMILES string of the molecule is C.C.C1C2CI12. The van der Waals surface area contributed by atoms with Gasteiger partial charge in [-0.3, -0.25) is 0 Å². The molecule has 2 fully saturated rings. The van der Waals surface area contributed by atoms with Crippen LogP contribution in [0.3, 0.4) is 0 Å². The molecule has 2 saturated heterocycles. The van der Waals surface area contributed by atoms with Crippen LogP contribution in [0.15, 0.2) is 0 Å². The zero-order valence-electron chi connectivity index (χ0n) is 2.37. The van der Waals surface area contributed by atoms with Crippen molar-refractivity contribution in [3.63, 3.8) is 0 Å². The summed E-state index contributed by atoms with van der Waals surface area (Å²) in [6.45, 7) is 0. The van der Waals surface area contributed by atoms with E-state index in [9.17, 15) is 0 Å². The predicted molar refractivity (Wildman–Crippen MR) is 41.0 cm³/mol. The third-order valence-electron chi connectivity index (χ3n) is 0.963. The van der Waals surface area contributed by atoms with Crippen LogP contribution in [0.25, 0.3) is 0 Å². The molecular weight excluding hydrogens is 187 g/mol. The zero-order valence-corrected chi connectivity index (χ0v) is 4.53. The van der Waals surface area contributed by atoms with Gasteiger partial charge in [0.25, 0.3) is 0 Å². The van der Waals surface area contributed by atoms with Gasteiger partial charge in [-0.15, -0.1) is 0 Å². The third-order valence-corrected chi connectivity index (χ3v) is 6.46. The summed E-state index contributed by atoms with van der Waals surface area (Å²) in [6, 6.07) is 0. The standard InChI is InChI=1S/C3H5I.2CH4/c1-3-2-4(1)3;;/h3H,1-2H2;2*1H4. The van der Waals surface area contributed by atoms with Gasteiger partial charge in [0, 0.05) is 0 Å². The van der Waals surface area contributed by atoms with Gasteiger partial charge in [0.05, 0.1) is 0 Å². The molecule has 0 aromatic heterocycles. The summed E-state index contributed by atoms with van der Waals surface area (Å²) in [5.74, 6) is 0. The van der Waals surface area contributed by atoms with Gasteiger partial charge in [-0.05, 0) is 0 Å². The Morgan fingerprint density at radius 3 is 1.33 bits per heavy atom. The van der Waals surface area contributed by atoms with Gasteiger partial charge >= 0.3 is 32.6 Å². The summed E-state index contributed by atoms with van der Waals surface area (Å²) in [4.78, 5) is 0. The van der Waals surface area contributed by atoms with Crippen LogP contribution in [-0.2, 0) is 0 Å². The van der Waals surface area contributed by atoms with Crippen molar-refractivity contribution in [3.8, 4) is 0 Å². The fraction of sp³-hybridized carbons (Fsp3) is 1.00. The van der Waals surface area contributed by atoms with E-state index in [1.165, 1.54) is 3.92 Å². The van der Waals surface area contributed by atoms with Crippen LogP contribution in [0.5, 0.6) is 0 Å². The molecule has 2 aliphatic rings. The van der Waals surface area contributed by atoms with E-state index < -0.39 is 0 Å². The first kappa shape index (κ1) is 6.73. The van der Waals surface area contributed by atoms with Crippen molar-refractivity contribution in [2.24, 2.45) is 0 Å². The van der Waals surface area contributed by atoms with Crippen molar-refractivity contribution in [2.45, 2.75) is 18.8 Å². The number of hydrogen-bond acceptors (Lipinski definition) is 0. The van der Waals surface area contributed by atoms with Gasteiger partial charge in [-0.2, -0.15) is 0 Å². The first-order valence-corrected chi connectivity index (χ1v) is 5.87. The van der Waals surface area contributed by atoms with Crippen molar-refractivity contribution in [3.05, 3.63) is 0 Å². The summed E-state index contributed by atoms with van der Waals surface area (Å²) in [6.07, 6.45) is 0. The Morgan fingerprint density at radius 1 is 1.17 bits per heavy atom. The van der Waals surface area contributed by atoms with E-state index >= 15 is 0 Å². The molecule has 0 nitrogen and oxygen atoms in total. The van der Waals surface area contributed by atoms with Crippen LogP contribution >= 0.6 is 19.8 Å². The molecule has 40 valence electrons. The Balaban J connectivity index is 0.000000125. The molecule has 2 rings (SSSR count). The van der Waals surface area contributed by atoms with Crippen molar-refractivity contribution in [1.29, 1.82) is 0 Å². The van der Waals surface area contributed by atoms with Gasteiger partial charge < -0.3 is 0 Å². The molecule has 0 spiro atoms. The van der Waals surface area contributed by atoms with Crippen LogP contribution in [0, 0.1) is 0 Å². The molecule has 6 heavy (non-hydrogen) atoms. The molecule has 0 amide bonds. The van der Waals surface area contributed by atoms with Crippen LogP contribution in [-0.4, -0.2) is 12.8 Å². The Kier molecular flexibility index (Phi) is 1.89. The van der Waals surface area contributed by atoms with Crippen molar-refractivity contribution >= 4 is 19.8 Å². The molecule has 0 bridgehead atoms. The van der Waals surface area contributed by atoms with Gasteiger partial charge in [-0.25, -0.2) is 0 Å². The van der Waals surface area contributed by atoms with Gasteiger partial charge in [0.15, 0.2) is 0 Å². The van der Waals surface area contributed by atoms with Crippen LogP contribution in [0.2, 0.25) is 0 Å². The molecule has 0 aliphatic carbocycles. The first-order valence-electron chi connectivity index (χ1n) is 1.57. The van der Waals surface area contributed by atoms with E-state index in [4.69, 9.17) is 0 Å². The molecular formula is C5H13I. The van der Waals surface area contributed by atoms with Gasteiger partial charge in [-0.1, -0.05) is 14.9 Å². The Labute approximate surface area is 47.7 Å². The second-order valence-electron chi connectivity index (χ2n) is 1.40. The minimum absolute atomic E-state index is 0. The number of alkyl halides is 3. The number of hydrogen-bond donors (Lipinski definition) is 0. The fourth-order valence-electron chi connectivity index (χ4n) is 0.318. The summed E-state index contributed by atoms with van der Waals surface area (Å²) in [7, 11) is 0. The maximum absolute atomic E-state index is 1.74.